The van der Waals surface area contributed by atoms with E-state index >= 15 is 0 Å². The van der Waals surface area contributed by atoms with Gasteiger partial charge in [-0.2, -0.15) is 13.2 Å². The molecule has 0 N–H and O–H groups in total. The molecule has 0 spiro atoms. The average Bonchev–Trinajstić information content (AvgIpc) is 1.62. The molecule has 2 atom stereocenters. The van der Waals surface area contributed by atoms with Crippen LogP contribution in [0.25, 0.3) is 0 Å². The van der Waals surface area contributed by atoms with Crippen molar-refractivity contribution < 1.29 is 17.6 Å². The maximum Gasteiger partial charge on any atom is 0.404 e. The minimum absolute atomic E-state index is 2.09. The summed E-state index contributed by atoms with van der Waals surface area (Å²) in [6.07, 6.45) is -4.52. The summed E-state index contributed by atoms with van der Waals surface area (Å²) in [5.74, 6) is 0. The van der Waals surface area contributed by atoms with E-state index in [-0.39, 0.29) is 0 Å². The third-order valence-corrected chi connectivity index (χ3v) is 2.76. The molecule has 0 aliphatic rings. The van der Waals surface area contributed by atoms with E-state index in [9.17, 15) is 17.6 Å². The predicted octanol–water partition coefficient (Wildman–Crippen LogP) is 3.00. The zero-order chi connectivity index (χ0) is 7.65. The topological polar surface area (TPSA) is 0 Å². The van der Waals surface area contributed by atoms with Gasteiger partial charge in [0.25, 0.3) is 0 Å². The van der Waals surface area contributed by atoms with Crippen molar-refractivity contribution in [3.05, 3.63) is 0 Å². The van der Waals surface area contributed by atoms with Gasteiger partial charge < -0.3 is 0 Å². The maximum absolute atomic E-state index is 11.7. The van der Waals surface area contributed by atoms with Gasteiger partial charge in [-0.05, 0) is 0 Å². The Morgan fingerprint density at radius 1 is 1.11 bits per heavy atom. The second-order valence-electron chi connectivity index (χ2n) is 1.28. The van der Waals surface area contributed by atoms with Crippen molar-refractivity contribution in [2.75, 3.05) is 0 Å². The van der Waals surface area contributed by atoms with Crippen molar-refractivity contribution in [2.45, 2.75) is 16.1 Å². The summed E-state index contributed by atoms with van der Waals surface area (Å²) in [5.41, 5.74) is 0. The molecular formula is C3H2Br2F4. The molecule has 0 aliphatic heterocycles. The molecule has 0 unspecified atom stereocenters. The van der Waals surface area contributed by atoms with Crippen LogP contribution in [0.2, 0.25) is 0 Å². The Bertz CT molecular complexity index is 88.3. The Morgan fingerprint density at radius 3 is 1.44 bits per heavy atom. The Balaban J connectivity index is 3.88. The van der Waals surface area contributed by atoms with Crippen LogP contribution in [-0.4, -0.2) is 16.1 Å². The molecule has 0 aliphatic carbocycles. The number of halogens is 6. The molecule has 0 nitrogen and oxygen atoms in total. The molecule has 0 amide bonds. The van der Waals surface area contributed by atoms with Crippen molar-refractivity contribution >= 4 is 31.9 Å². The van der Waals surface area contributed by atoms with E-state index in [0.717, 1.165) is 0 Å². The zero-order valence-corrected chi connectivity index (χ0v) is 7.09. The predicted molar refractivity (Wildman–Crippen MR) is 32.6 cm³/mol. The van der Waals surface area contributed by atoms with Gasteiger partial charge in [0, 0.05) is 0 Å². The van der Waals surface area contributed by atoms with Gasteiger partial charge >= 0.3 is 6.18 Å². The van der Waals surface area contributed by atoms with Crippen LogP contribution >= 0.6 is 31.9 Å². The summed E-state index contributed by atoms with van der Waals surface area (Å²) < 4.78 is 45.9. The molecule has 0 aromatic carbocycles. The molecule has 0 aromatic heterocycles. The van der Waals surface area contributed by atoms with Crippen molar-refractivity contribution in [1.29, 1.82) is 0 Å². The van der Waals surface area contributed by atoms with E-state index in [1.165, 1.54) is 0 Å². The van der Waals surface area contributed by atoms with Gasteiger partial charge in [-0.15, -0.1) is 0 Å². The van der Waals surface area contributed by atoms with Crippen LogP contribution in [0.4, 0.5) is 17.6 Å². The molecule has 56 valence electrons. The number of alkyl halides is 6. The molecule has 0 saturated carbocycles. The van der Waals surface area contributed by atoms with Crippen LogP contribution in [0.3, 0.4) is 0 Å². The minimum atomic E-state index is -4.52. The second-order valence-corrected chi connectivity index (χ2v) is 3.14. The standard InChI is InChI=1S/C3H2Br2F4/c4-1(2(5)6)3(7,8)9/h1-2H/t1-,2-/m0/s1. The second kappa shape index (κ2) is 3.18. The molecule has 0 fully saturated rings. The van der Waals surface area contributed by atoms with Crippen molar-refractivity contribution in [2.24, 2.45) is 0 Å². The van der Waals surface area contributed by atoms with E-state index < -0.39 is 16.1 Å². The van der Waals surface area contributed by atoms with E-state index in [2.05, 4.69) is 31.9 Å². The highest BCUT2D eigenvalue weighted by molar-refractivity contribution is 9.12. The van der Waals surface area contributed by atoms with E-state index in [4.69, 9.17) is 0 Å². The number of rotatable bonds is 1. The Hall–Kier alpha value is 0.680. The number of hydrogen-bond acceptors (Lipinski definition) is 0. The van der Waals surface area contributed by atoms with Gasteiger partial charge in [-0.3, -0.25) is 0 Å². The lowest BCUT2D eigenvalue weighted by atomic mass is 10.5. The lowest BCUT2D eigenvalue weighted by Gasteiger charge is -2.12. The monoisotopic (exact) mass is 272 g/mol. The normalized spacial score (nSPS) is 19.3. The fourth-order valence-electron chi connectivity index (χ4n) is 0.143. The van der Waals surface area contributed by atoms with Gasteiger partial charge in [-0.1, -0.05) is 31.9 Å². The zero-order valence-electron chi connectivity index (χ0n) is 3.92. The van der Waals surface area contributed by atoms with Crippen molar-refractivity contribution in [3.63, 3.8) is 0 Å². The van der Waals surface area contributed by atoms with E-state index in [1.807, 2.05) is 0 Å². The van der Waals surface area contributed by atoms with E-state index in [1.54, 1.807) is 0 Å². The smallest absolute Gasteiger partial charge is 0.233 e. The van der Waals surface area contributed by atoms with Crippen LogP contribution in [0.1, 0.15) is 0 Å². The summed E-state index contributed by atoms with van der Waals surface area (Å²) in [6, 6.07) is 0. The molecule has 0 saturated heterocycles. The molecule has 6 heteroatoms. The first-order chi connectivity index (χ1) is 3.85. The summed E-state index contributed by atoms with van der Waals surface area (Å²) in [6.45, 7) is 0. The van der Waals surface area contributed by atoms with Crippen LogP contribution in [0.5, 0.6) is 0 Å². The van der Waals surface area contributed by atoms with Crippen LogP contribution in [0.15, 0.2) is 0 Å². The average molecular weight is 274 g/mol. The summed E-state index contributed by atoms with van der Waals surface area (Å²) in [5, 5.41) is -2.09. The molecule has 0 heterocycles. The van der Waals surface area contributed by atoms with Crippen molar-refractivity contribution in [1.82, 2.24) is 0 Å². The minimum Gasteiger partial charge on any atom is -0.233 e. The first-order valence-electron chi connectivity index (χ1n) is 1.84. The maximum atomic E-state index is 11.7. The first-order valence-corrected chi connectivity index (χ1v) is 3.67. The molecule has 0 rings (SSSR count). The molecular weight excluding hydrogens is 272 g/mol. The molecule has 0 aromatic rings. The van der Waals surface area contributed by atoms with Gasteiger partial charge in [0.1, 0.15) is 0 Å². The largest absolute Gasteiger partial charge is 0.404 e. The lowest BCUT2D eigenvalue weighted by molar-refractivity contribution is -0.131. The van der Waals surface area contributed by atoms with Crippen LogP contribution < -0.4 is 0 Å². The third-order valence-electron chi connectivity index (χ3n) is 0.534. The highest BCUT2D eigenvalue weighted by Crippen LogP contribution is 2.32. The highest BCUT2D eigenvalue weighted by Gasteiger charge is 2.42. The fraction of sp³-hybridized carbons (Fsp3) is 1.00. The third kappa shape index (κ3) is 3.40. The van der Waals surface area contributed by atoms with Gasteiger partial charge in [0.2, 0.25) is 0 Å². The Labute approximate surface area is 65.9 Å². The van der Waals surface area contributed by atoms with Crippen LogP contribution in [-0.2, 0) is 0 Å². The SMILES string of the molecule is F[C@H](Br)[C@H](Br)C(F)(F)F. The Morgan fingerprint density at radius 2 is 1.44 bits per heavy atom. The molecule has 0 bridgehead atoms. The van der Waals surface area contributed by atoms with Crippen LogP contribution in [0, 0.1) is 0 Å². The van der Waals surface area contributed by atoms with Gasteiger partial charge in [-0.25, -0.2) is 4.39 Å². The quantitative estimate of drug-likeness (QED) is 0.509. The molecule has 0 radical (unpaired) electrons. The highest BCUT2D eigenvalue weighted by atomic mass is 79.9. The van der Waals surface area contributed by atoms with Gasteiger partial charge in [0.05, 0.1) is 0 Å². The Kier molecular flexibility index (Phi) is 3.42. The summed E-state index contributed by atoms with van der Waals surface area (Å²) in [4.78, 5) is -2.12. The summed E-state index contributed by atoms with van der Waals surface area (Å²) in [7, 11) is 0. The first kappa shape index (κ1) is 9.68. The summed E-state index contributed by atoms with van der Waals surface area (Å²) >= 11 is 4.26. The lowest BCUT2D eigenvalue weighted by Crippen LogP contribution is -2.28. The molecule has 9 heavy (non-hydrogen) atoms. The van der Waals surface area contributed by atoms with E-state index in [0.29, 0.717) is 0 Å². The fourth-order valence-corrected chi connectivity index (χ4v) is 0.443. The number of hydrogen-bond donors (Lipinski definition) is 0. The van der Waals surface area contributed by atoms with Gasteiger partial charge in [0.15, 0.2) is 9.91 Å². The van der Waals surface area contributed by atoms with Crippen molar-refractivity contribution in [3.8, 4) is 0 Å².